The van der Waals surface area contributed by atoms with Crippen molar-refractivity contribution < 1.29 is 9.53 Å². The molecule has 29 heavy (non-hydrogen) atoms. The van der Waals surface area contributed by atoms with Gasteiger partial charge in [-0.15, -0.1) is 11.3 Å². The molecule has 0 amide bonds. The van der Waals surface area contributed by atoms with E-state index in [1.54, 1.807) is 6.08 Å². The van der Waals surface area contributed by atoms with Crippen LogP contribution in [0, 0.1) is 6.92 Å². The summed E-state index contributed by atoms with van der Waals surface area (Å²) in [5.41, 5.74) is 4.47. The first-order chi connectivity index (χ1) is 14.2. The van der Waals surface area contributed by atoms with Gasteiger partial charge in [-0.25, -0.2) is 14.8 Å². The first-order valence-corrected chi connectivity index (χ1v) is 10.0. The largest absolute Gasteiger partial charge is 0.456 e. The number of pyridine rings is 1. The summed E-state index contributed by atoms with van der Waals surface area (Å²) >= 11 is 1.47. The second-order valence-electron chi connectivity index (χ2n) is 6.50. The third-order valence-corrected chi connectivity index (χ3v) is 5.03. The van der Waals surface area contributed by atoms with E-state index in [0.717, 1.165) is 21.7 Å². The van der Waals surface area contributed by atoms with Gasteiger partial charge < -0.3 is 10.1 Å². The highest BCUT2D eigenvalue weighted by atomic mass is 32.1. The number of nitrogens with zero attached hydrogens (tertiary/aromatic N) is 2. The van der Waals surface area contributed by atoms with Crippen molar-refractivity contribution in [3.05, 3.63) is 89.1 Å². The van der Waals surface area contributed by atoms with Crippen LogP contribution in [0.5, 0.6) is 0 Å². The summed E-state index contributed by atoms with van der Waals surface area (Å²) in [4.78, 5) is 21.0. The lowest BCUT2D eigenvalue weighted by molar-refractivity contribution is -0.139. The zero-order valence-corrected chi connectivity index (χ0v) is 16.6. The molecule has 0 unspecified atom stereocenters. The Morgan fingerprint density at radius 3 is 2.76 bits per heavy atom. The summed E-state index contributed by atoms with van der Waals surface area (Å²) in [7, 11) is 0. The van der Waals surface area contributed by atoms with Crippen molar-refractivity contribution in [2.45, 2.75) is 13.5 Å². The summed E-state index contributed by atoms with van der Waals surface area (Å²) < 4.78 is 5.28. The van der Waals surface area contributed by atoms with Crippen molar-refractivity contribution >= 4 is 45.1 Å². The number of para-hydroxylation sites is 1. The van der Waals surface area contributed by atoms with Gasteiger partial charge in [0.2, 0.25) is 0 Å². The van der Waals surface area contributed by atoms with Crippen molar-refractivity contribution in [1.29, 1.82) is 0 Å². The van der Waals surface area contributed by atoms with Gasteiger partial charge in [-0.05, 0) is 37.3 Å². The number of hydrogen-bond donors (Lipinski definition) is 1. The van der Waals surface area contributed by atoms with E-state index < -0.39 is 5.97 Å². The number of rotatable bonds is 6. The van der Waals surface area contributed by atoms with Crippen LogP contribution in [0.15, 0.2) is 72.1 Å². The maximum Gasteiger partial charge on any atom is 0.331 e. The van der Waals surface area contributed by atoms with E-state index in [-0.39, 0.29) is 6.61 Å². The second-order valence-corrected chi connectivity index (χ2v) is 7.36. The van der Waals surface area contributed by atoms with E-state index >= 15 is 0 Å². The van der Waals surface area contributed by atoms with E-state index in [2.05, 4.69) is 15.3 Å². The third kappa shape index (κ3) is 5.06. The molecule has 0 aliphatic heterocycles. The van der Waals surface area contributed by atoms with Gasteiger partial charge in [0.05, 0.1) is 16.9 Å². The SMILES string of the molecule is Cc1ccc(Nc2nc(COC(=O)/C=C/c3ccc4ccccc4n3)cs2)cc1. The minimum atomic E-state index is -0.430. The standard InChI is InChI=1S/C23H19N3O2S/c1-16-6-9-19(10-7-16)25-23-26-20(15-29-23)14-28-22(27)13-12-18-11-8-17-4-2-3-5-21(17)24-18/h2-13,15H,14H2,1H3,(H,25,26)/b13-12+. The molecule has 0 spiro atoms. The minimum Gasteiger partial charge on any atom is -0.456 e. The van der Waals surface area contributed by atoms with E-state index in [1.165, 1.54) is 23.0 Å². The fourth-order valence-electron chi connectivity index (χ4n) is 2.71. The van der Waals surface area contributed by atoms with E-state index in [9.17, 15) is 4.79 Å². The zero-order valence-electron chi connectivity index (χ0n) is 15.8. The van der Waals surface area contributed by atoms with Crippen LogP contribution >= 0.6 is 11.3 Å². The number of hydrogen-bond acceptors (Lipinski definition) is 6. The molecule has 0 aliphatic rings. The average molecular weight is 401 g/mol. The smallest absolute Gasteiger partial charge is 0.331 e. The van der Waals surface area contributed by atoms with E-state index in [4.69, 9.17) is 4.74 Å². The van der Waals surface area contributed by atoms with Crippen LogP contribution in [0.4, 0.5) is 10.8 Å². The molecule has 0 radical (unpaired) electrons. The Hall–Kier alpha value is -3.51. The number of benzene rings is 2. The van der Waals surface area contributed by atoms with Crippen LogP contribution in [-0.4, -0.2) is 15.9 Å². The number of anilines is 2. The average Bonchev–Trinajstić information content (AvgIpc) is 3.19. The van der Waals surface area contributed by atoms with Crippen LogP contribution in [-0.2, 0) is 16.1 Å². The molecule has 2 heterocycles. The first-order valence-electron chi connectivity index (χ1n) is 9.14. The van der Waals surface area contributed by atoms with Gasteiger partial charge in [-0.1, -0.05) is 42.0 Å². The Bertz CT molecular complexity index is 1170. The number of aryl methyl sites for hydroxylation is 1. The number of aromatic nitrogens is 2. The van der Waals surface area contributed by atoms with Crippen LogP contribution in [0.1, 0.15) is 17.0 Å². The van der Waals surface area contributed by atoms with E-state index in [1.807, 2.05) is 73.0 Å². The normalized spacial score (nSPS) is 11.1. The number of esters is 1. The molecule has 0 bridgehead atoms. The highest BCUT2D eigenvalue weighted by molar-refractivity contribution is 7.13. The number of carbonyl (C=O) groups excluding carboxylic acids is 1. The zero-order chi connectivity index (χ0) is 20.1. The number of ether oxygens (including phenoxy) is 1. The molecule has 6 heteroatoms. The van der Waals surface area contributed by atoms with Crippen LogP contribution in [0.3, 0.4) is 0 Å². The van der Waals surface area contributed by atoms with Gasteiger partial charge in [0.15, 0.2) is 5.13 Å². The molecular weight excluding hydrogens is 382 g/mol. The molecule has 1 N–H and O–H groups in total. The lowest BCUT2D eigenvalue weighted by atomic mass is 10.2. The van der Waals surface area contributed by atoms with E-state index in [0.29, 0.717) is 11.4 Å². The van der Waals surface area contributed by atoms with Gasteiger partial charge in [0, 0.05) is 22.5 Å². The van der Waals surface area contributed by atoms with Crippen molar-refractivity contribution in [3.8, 4) is 0 Å². The number of carbonyl (C=O) groups is 1. The summed E-state index contributed by atoms with van der Waals surface area (Å²) in [6.07, 6.45) is 3.04. The Morgan fingerprint density at radius 1 is 1.07 bits per heavy atom. The Morgan fingerprint density at radius 2 is 1.90 bits per heavy atom. The summed E-state index contributed by atoms with van der Waals surface area (Å²) in [6, 6.07) is 19.8. The van der Waals surface area contributed by atoms with Crippen LogP contribution in [0.2, 0.25) is 0 Å². The molecule has 0 fully saturated rings. The highest BCUT2D eigenvalue weighted by Gasteiger charge is 2.05. The van der Waals surface area contributed by atoms with Crippen molar-refractivity contribution in [2.75, 3.05) is 5.32 Å². The number of thiazole rings is 1. The molecule has 0 saturated heterocycles. The molecule has 5 nitrogen and oxygen atoms in total. The molecular formula is C23H19N3O2S. The fourth-order valence-corrected chi connectivity index (χ4v) is 3.43. The van der Waals surface area contributed by atoms with Crippen molar-refractivity contribution in [3.63, 3.8) is 0 Å². The van der Waals surface area contributed by atoms with Crippen LogP contribution in [0.25, 0.3) is 17.0 Å². The topological polar surface area (TPSA) is 64.1 Å². The molecule has 144 valence electrons. The molecule has 0 saturated carbocycles. The van der Waals surface area contributed by atoms with Gasteiger partial charge in [-0.2, -0.15) is 0 Å². The highest BCUT2D eigenvalue weighted by Crippen LogP contribution is 2.21. The Balaban J connectivity index is 1.31. The second kappa shape index (κ2) is 8.67. The lowest BCUT2D eigenvalue weighted by Gasteiger charge is -2.02. The van der Waals surface area contributed by atoms with Crippen molar-refractivity contribution in [2.24, 2.45) is 0 Å². The molecule has 4 aromatic rings. The maximum atomic E-state index is 12.0. The quantitative estimate of drug-likeness (QED) is 0.341. The molecule has 0 atom stereocenters. The summed E-state index contributed by atoms with van der Waals surface area (Å²) in [5, 5.41) is 6.94. The molecule has 2 aromatic heterocycles. The summed E-state index contributed by atoms with van der Waals surface area (Å²) in [6.45, 7) is 2.17. The molecule has 4 rings (SSSR count). The lowest BCUT2D eigenvalue weighted by Crippen LogP contribution is -2.01. The maximum absolute atomic E-state index is 12.0. The predicted octanol–water partition coefficient (Wildman–Crippen LogP) is 5.50. The fraction of sp³-hybridized carbons (Fsp3) is 0.0870. The van der Waals surface area contributed by atoms with Gasteiger partial charge >= 0.3 is 5.97 Å². The Labute approximate surface area is 172 Å². The first kappa shape index (κ1) is 18.8. The number of fused-ring (bicyclic) bond motifs is 1. The van der Waals surface area contributed by atoms with Gasteiger partial charge in [-0.3, -0.25) is 0 Å². The third-order valence-electron chi connectivity index (χ3n) is 4.23. The molecule has 0 aliphatic carbocycles. The molecule has 2 aromatic carbocycles. The predicted molar refractivity (Wildman–Crippen MR) is 117 cm³/mol. The number of nitrogens with one attached hydrogen (secondary N) is 1. The van der Waals surface area contributed by atoms with Crippen LogP contribution < -0.4 is 5.32 Å². The minimum absolute atomic E-state index is 0.125. The summed E-state index contributed by atoms with van der Waals surface area (Å²) in [5.74, 6) is -0.430. The monoisotopic (exact) mass is 401 g/mol. The van der Waals surface area contributed by atoms with Gasteiger partial charge in [0.1, 0.15) is 6.61 Å². The Kier molecular flexibility index (Phi) is 5.63. The van der Waals surface area contributed by atoms with Gasteiger partial charge in [0.25, 0.3) is 0 Å². The van der Waals surface area contributed by atoms with Crippen molar-refractivity contribution in [1.82, 2.24) is 9.97 Å².